The largest absolute Gasteiger partial charge is 0.351 e. The molecule has 1 aliphatic heterocycles. The van der Waals surface area contributed by atoms with E-state index in [2.05, 4.69) is 28.7 Å². The molecule has 0 spiro atoms. The van der Waals surface area contributed by atoms with Gasteiger partial charge in [0.15, 0.2) is 0 Å². The number of hydrogen-bond donors (Lipinski definition) is 1. The van der Waals surface area contributed by atoms with Gasteiger partial charge in [-0.05, 0) is 25.2 Å². The van der Waals surface area contributed by atoms with Crippen LogP contribution in [-0.2, 0) is 13.0 Å². The lowest BCUT2D eigenvalue weighted by Crippen LogP contribution is -2.25. The molecule has 0 saturated carbocycles. The van der Waals surface area contributed by atoms with Crippen molar-refractivity contribution in [2.24, 2.45) is 5.92 Å². The second kappa shape index (κ2) is 5.34. The molecule has 4 heteroatoms. The summed E-state index contributed by atoms with van der Waals surface area (Å²) < 4.78 is 2.11. The monoisotopic (exact) mass is 235 g/mol. The Morgan fingerprint density at radius 3 is 3.06 bits per heavy atom. The Bertz CT molecular complexity index is 372. The molecular formula is C13H21N3O. The standard InChI is InChI=1S/C13H21N3O/c1-10(2)6-7-14-13(17)11-9-16-8-4-3-5-12(16)15-11/h9-10H,3-8H2,1-2H3,(H,14,17). The highest BCUT2D eigenvalue weighted by Gasteiger charge is 2.16. The Morgan fingerprint density at radius 2 is 2.35 bits per heavy atom. The van der Waals surface area contributed by atoms with E-state index in [1.54, 1.807) is 0 Å². The Morgan fingerprint density at radius 1 is 1.53 bits per heavy atom. The number of fused-ring (bicyclic) bond motifs is 1. The van der Waals surface area contributed by atoms with Crippen molar-refractivity contribution in [2.75, 3.05) is 6.54 Å². The molecule has 0 aliphatic carbocycles. The molecule has 0 atom stereocenters. The molecule has 17 heavy (non-hydrogen) atoms. The Kier molecular flexibility index (Phi) is 3.82. The van der Waals surface area contributed by atoms with Gasteiger partial charge >= 0.3 is 0 Å². The summed E-state index contributed by atoms with van der Waals surface area (Å²) in [5, 5.41) is 2.92. The summed E-state index contributed by atoms with van der Waals surface area (Å²) in [6.07, 6.45) is 6.28. The van der Waals surface area contributed by atoms with E-state index >= 15 is 0 Å². The molecule has 0 radical (unpaired) electrons. The normalized spacial score (nSPS) is 14.8. The minimum atomic E-state index is -0.0347. The second-order valence-corrected chi connectivity index (χ2v) is 5.13. The zero-order chi connectivity index (χ0) is 12.3. The summed E-state index contributed by atoms with van der Waals surface area (Å²) in [5.41, 5.74) is 0.575. The number of amides is 1. The SMILES string of the molecule is CC(C)CCNC(=O)c1cn2c(n1)CCCC2. The quantitative estimate of drug-likeness (QED) is 0.867. The Hall–Kier alpha value is -1.32. The zero-order valence-electron chi connectivity index (χ0n) is 10.7. The number of imidazole rings is 1. The number of nitrogens with one attached hydrogen (secondary N) is 1. The average molecular weight is 235 g/mol. The van der Waals surface area contributed by atoms with Crippen LogP contribution in [-0.4, -0.2) is 22.0 Å². The molecule has 1 aromatic heterocycles. The number of carbonyl (C=O) groups is 1. The van der Waals surface area contributed by atoms with Gasteiger partial charge in [0.25, 0.3) is 5.91 Å². The van der Waals surface area contributed by atoms with Gasteiger partial charge in [0, 0.05) is 25.7 Å². The minimum Gasteiger partial charge on any atom is -0.351 e. The highest BCUT2D eigenvalue weighted by atomic mass is 16.1. The van der Waals surface area contributed by atoms with Gasteiger partial charge in [-0.2, -0.15) is 0 Å². The van der Waals surface area contributed by atoms with Crippen molar-refractivity contribution in [1.82, 2.24) is 14.9 Å². The summed E-state index contributed by atoms with van der Waals surface area (Å²) >= 11 is 0. The smallest absolute Gasteiger partial charge is 0.271 e. The van der Waals surface area contributed by atoms with Crippen LogP contribution in [0.15, 0.2) is 6.20 Å². The Balaban J connectivity index is 1.92. The van der Waals surface area contributed by atoms with Crippen molar-refractivity contribution < 1.29 is 4.79 Å². The van der Waals surface area contributed by atoms with Gasteiger partial charge < -0.3 is 9.88 Å². The summed E-state index contributed by atoms with van der Waals surface area (Å²) in [5.74, 6) is 1.64. The molecule has 1 aliphatic rings. The van der Waals surface area contributed by atoms with Gasteiger partial charge in [0.05, 0.1) is 0 Å². The fraction of sp³-hybridized carbons (Fsp3) is 0.692. The fourth-order valence-corrected chi connectivity index (χ4v) is 2.09. The number of hydrogen-bond acceptors (Lipinski definition) is 2. The van der Waals surface area contributed by atoms with Crippen LogP contribution in [0.4, 0.5) is 0 Å². The van der Waals surface area contributed by atoms with Crippen molar-refractivity contribution in [3.8, 4) is 0 Å². The number of aromatic nitrogens is 2. The molecule has 1 amide bonds. The lowest BCUT2D eigenvalue weighted by Gasteiger charge is -2.11. The van der Waals surface area contributed by atoms with Crippen molar-refractivity contribution in [2.45, 2.75) is 46.1 Å². The molecular weight excluding hydrogens is 214 g/mol. The lowest BCUT2D eigenvalue weighted by molar-refractivity contribution is 0.0947. The first-order chi connectivity index (χ1) is 8.16. The van der Waals surface area contributed by atoms with E-state index in [1.165, 1.54) is 12.8 Å². The first-order valence-electron chi connectivity index (χ1n) is 6.51. The fourth-order valence-electron chi connectivity index (χ4n) is 2.09. The van der Waals surface area contributed by atoms with Crippen LogP contribution in [0.5, 0.6) is 0 Å². The zero-order valence-corrected chi connectivity index (χ0v) is 10.7. The van der Waals surface area contributed by atoms with Gasteiger partial charge in [0.1, 0.15) is 11.5 Å². The van der Waals surface area contributed by atoms with Crippen LogP contribution in [0, 0.1) is 5.92 Å². The third-order valence-electron chi connectivity index (χ3n) is 3.15. The van der Waals surface area contributed by atoms with Crippen LogP contribution < -0.4 is 5.32 Å². The van der Waals surface area contributed by atoms with Gasteiger partial charge in [-0.25, -0.2) is 4.98 Å². The molecule has 0 unspecified atom stereocenters. The topological polar surface area (TPSA) is 46.9 Å². The number of rotatable bonds is 4. The van der Waals surface area contributed by atoms with Gasteiger partial charge in [-0.1, -0.05) is 13.8 Å². The highest BCUT2D eigenvalue weighted by Crippen LogP contribution is 2.14. The van der Waals surface area contributed by atoms with Gasteiger partial charge in [0.2, 0.25) is 0 Å². The maximum atomic E-state index is 11.9. The van der Waals surface area contributed by atoms with Crippen molar-refractivity contribution in [3.05, 3.63) is 17.7 Å². The van der Waals surface area contributed by atoms with Crippen LogP contribution in [0.25, 0.3) is 0 Å². The van der Waals surface area contributed by atoms with Crippen molar-refractivity contribution >= 4 is 5.91 Å². The summed E-state index contributed by atoms with van der Waals surface area (Å²) in [6, 6.07) is 0. The molecule has 94 valence electrons. The van der Waals surface area contributed by atoms with Crippen molar-refractivity contribution in [1.29, 1.82) is 0 Å². The van der Waals surface area contributed by atoms with Gasteiger partial charge in [-0.3, -0.25) is 4.79 Å². The van der Waals surface area contributed by atoms with E-state index in [9.17, 15) is 4.79 Å². The first-order valence-corrected chi connectivity index (χ1v) is 6.51. The van der Waals surface area contributed by atoms with Crippen LogP contribution in [0.3, 0.4) is 0 Å². The van der Waals surface area contributed by atoms with Gasteiger partial charge in [-0.15, -0.1) is 0 Å². The molecule has 0 bridgehead atoms. The van der Waals surface area contributed by atoms with Crippen molar-refractivity contribution in [3.63, 3.8) is 0 Å². The molecule has 1 aromatic rings. The molecule has 0 fully saturated rings. The van der Waals surface area contributed by atoms with E-state index in [-0.39, 0.29) is 5.91 Å². The predicted octanol–water partition coefficient (Wildman–Crippen LogP) is 2.00. The second-order valence-electron chi connectivity index (χ2n) is 5.13. The summed E-state index contributed by atoms with van der Waals surface area (Å²) in [7, 11) is 0. The number of aryl methyl sites for hydroxylation is 2. The highest BCUT2D eigenvalue weighted by molar-refractivity contribution is 5.92. The third kappa shape index (κ3) is 3.08. The van der Waals surface area contributed by atoms with Crippen LogP contribution in [0.2, 0.25) is 0 Å². The van der Waals surface area contributed by atoms with Crippen LogP contribution >= 0.6 is 0 Å². The number of nitrogens with zero attached hydrogens (tertiary/aromatic N) is 2. The van der Waals surface area contributed by atoms with E-state index in [1.807, 2.05) is 6.20 Å². The van der Waals surface area contributed by atoms with E-state index in [0.717, 1.165) is 31.8 Å². The summed E-state index contributed by atoms with van der Waals surface area (Å²) in [6.45, 7) is 6.04. The maximum absolute atomic E-state index is 11.9. The first kappa shape index (κ1) is 12.1. The van der Waals surface area contributed by atoms with Crippen LogP contribution in [0.1, 0.15) is 49.4 Å². The molecule has 1 N–H and O–H groups in total. The third-order valence-corrected chi connectivity index (χ3v) is 3.15. The molecule has 4 nitrogen and oxygen atoms in total. The maximum Gasteiger partial charge on any atom is 0.271 e. The molecule has 2 heterocycles. The summed E-state index contributed by atoms with van der Waals surface area (Å²) in [4.78, 5) is 16.3. The molecule has 0 saturated heterocycles. The molecule has 0 aromatic carbocycles. The van der Waals surface area contributed by atoms with E-state index in [4.69, 9.17) is 0 Å². The predicted molar refractivity (Wildman–Crippen MR) is 67.0 cm³/mol. The molecule has 2 rings (SSSR count). The van der Waals surface area contributed by atoms with E-state index in [0.29, 0.717) is 11.6 Å². The lowest BCUT2D eigenvalue weighted by atomic mass is 10.1. The number of carbonyl (C=O) groups excluding carboxylic acids is 1. The minimum absolute atomic E-state index is 0.0347. The van der Waals surface area contributed by atoms with E-state index < -0.39 is 0 Å². The average Bonchev–Trinajstić information content (AvgIpc) is 2.71. The Labute approximate surface area is 102 Å².